The molecule has 0 spiro atoms. The lowest BCUT2D eigenvalue weighted by atomic mass is 10.2. The van der Waals surface area contributed by atoms with Crippen molar-refractivity contribution >= 4 is 21.6 Å². The molecule has 5 heteroatoms. The minimum absolute atomic E-state index is 0.470. The molecule has 3 rings (SSSR count). The van der Waals surface area contributed by atoms with Crippen molar-refractivity contribution < 1.29 is 9.47 Å². The third-order valence-corrected chi connectivity index (χ3v) is 3.94. The van der Waals surface area contributed by atoms with Gasteiger partial charge < -0.3 is 9.47 Å². The van der Waals surface area contributed by atoms with Crippen molar-refractivity contribution in [2.45, 2.75) is 6.61 Å². The van der Waals surface area contributed by atoms with E-state index in [9.17, 15) is 0 Å². The van der Waals surface area contributed by atoms with Crippen LogP contribution in [0.25, 0.3) is 10.2 Å². The van der Waals surface area contributed by atoms with Gasteiger partial charge in [0.2, 0.25) is 0 Å². The number of nitrogens with zero attached hydrogens (tertiary/aromatic N) is 2. The lowest BCUT2D eigenvalue weighted by molar-refractivity contribution is 0.306. The van der Waals surface area contributed by atoms with Crippen molar-refractivity contribution in [1.29, 1.82) is 5.26 Å². The van der Waals surface area contributed by atoms with E-state index in [-0.39, 0.29) is 0 Å². The SMILES string of the molecule is COc1ccc(COc2ccc3nc(C#N)sc3c2)cc1. The van der Waals surface area contributed by atoms with Gasteiger partial charge in [0.25, 0.3) is 0 Å². The van der Waals surface area contributed by atoms with Crippen LogP contribution in [0, 0.1) is 11.3 Å². The molecule has 0 saturated carbocycles. The summed E-state index contributed by atoms with van der Waals surface area (Å²) in [6.45, 7) is 0.486. The number of hydrogen-bond acceptors (Lipinski definition) is 5. The molecule has 0 fully saturated rings. The standard InChI is InChI=1S/C16H12N2O2S/c1-19-12-4-2-11(3-5-12)10-20-13-6-7-14-15(8-13)21-16(9-17)18-14/h2-8H,10H2,1H3. The first-order chi connectivity index (χ1) is 10.3. The van der Waals surface area contributed by atoms with Crippen molar-refractivity contribution in [1.82, 2.24) is 4.98 Å². The Morgan fingerprint density at radius 2 is 1.90 bits per heavy atom. The third kappa shape index (κ3) is 2.96. The lowest BCUT2D eigenvalue weighted by Crippen LogP contribution is -1.95. The Balaban J connectivity index is 1.73. The molecule has 0 radical (unpaired) electrons. The highest BCUT2D eigenvalue weighted by molar-refractivity contribution is 7.19. The highest BCUT2D eigenvalue weighted by Gasteiger charge is 2.05. The maximum atomic E-state index is 8.86. The molecule has 4 nitrogen and oxygen atoms in total. The van der Waals surface area contributed by atoms with E-state index < -0.39 is 0 Å². The Bertz CT molecular complexity index is 803. The zero-order valence-corrected chi connectivity index (χ0v) is 12.2. The molecule has 0 aliphatic carbocycles. The highest BCUT2D eigenvalue weighted by Crippen LogP contribution is 2.26. The fourth-order valence-electron chi connectivity index (χ4n) is 1.93. The van der Waals surface area contributed by atoms with Gasteiger partial charge in [-0.1, -0.05) is 12.1 Å². The van der Waals surface area contributed by atoms with Gasteiger partial charge in [0.15, 0.2) is 5.01 Å². The maximum Gasteiger partial charge on any atom is 0.195 e. The van der Waals surface area contributed by atoms with Crippen molar-refractivity contribution in [3.8, 4) is 17.6 Å². The summed E-state index contributed by atoms with van der Waals surface area (Å²) in [5.74, 6) is 1.60. The summed E-state index contributed by atoms with van der Waals surface area (Å²) < 4.78 is 11.8. The molecule has 1 aromatic heterocycles. The van der Waals surface area contributed by atoms with Crippen molar-refractivity contribution in [3.63, 3.8) is 0 Å². The normalized spacial score (nSPS) is 10.3. The van der Waals surface area contributed by atoms with E-state index in [1.165, 1.54) is 11.3 Å². The minimum atomic E-state index is 0.470. The number of benzene rings is 2. The van der Waals surface area contributed by atoms with Gasteiger partial charge in [0, 0.05) is 0 Å². The average molecular weight is 296 g/mol. The quantitative estimate of drug-likeness (QED) is 0.735. The van der Waals surface area contributed by atoms with Crippen LogP contribution in [-0.4, -0.2) is 12.1 Å². The van der Waals surface area contributed by atoms with E-state index in [1.54, 1.807) is 7.11 Å². The average Bonchev–Trinajstić information content (AvgIpc) is 2.95. The lowest BCUT2D eigenvalue weighted by Gasteiger charge is -2.07. The van der Waals surface area contributed by atoms with Gasteiger partial charge >= 0.3 is 0 Å². The molecule has 2 aromatic carbocycles. The van der Waals surface area contributed by atoms with Gasteiger partial charge in [0.1, 0.15) is 24.2 Å². The fraction of sp³-hybridized carbons (Fsp3) is 0.125. The van der Waals surface area contributed by atoms with Gasteiger partial charge in [-0.3, -0.25) is 0 Å². The van der Waals surface area contributed by atoms with E-state index in [4.69, 9.17) is 14.7 Å². The Morgan fingerprint density at radius 3 is 2.62 bits per heavy atom. The van der Waals surface area contributed by atoms with Gasteiger partial charge in [-0.25, -0.2) is 4.98 Å². The molecule has 0 amide bonds. The van der Waals surface area contributed by atoms with Crippen molar-refractivity contribution in [2.24, 2.45) is 0 Å². The predicted molar refractivity (Wildman–Crippen MR) is 81.7 cm³/mol. The van der Waals surface area contributed by atoms with Crippen LogP contribution in [0.4, 0.5) is 0 Å². The maximum absolute atomic E-state index is 8.86. The number of aromatic nitrogens is 1. The zero-order chi connectivity index (χ0) is 14.7. The molecular weight excluding hydrogens is 284 g/mol. The molecule has 104 valence electrons. The first-order valence-electron chi connectivity index (χ1n) is 6.35. The van der Waals surface area contributed by atoms with Gasteiger partial charge in [-0.15, -0.1) is 11.3 Å². The number of ether oxygens (including phenoxy) is 2. The van der Waals surface area contributed by atoms with Crippen LogP contribution >= 0.6 is 11.3 Å². The van der Waals surface area contributed by atoms with Crippen LogP contribution in [0.5, 0.6) is 11.5 Å². The largest absolute Gasteiger partial charge is 0.497 e. The summed E-state index contributed by atoms with van der Waals surface area (Å²) in [6, 6.07) is 15.5. The number of rotatable bonds is 4. The van der Waals surface area contributed by atoms with Crippen LogP contribution in [-0.2, 0) is 6.61 Å². The minimum Gasteiger partial charge on any atom is -0.497 e. The molecule has 0 unspecified atom stereocenters. The molecule has 0 atom stereocenters. The smallest absolute Gasteiger partial charge is 0.195 e. The molecule has 21 heavy (non-hydrogen) atoms. The Kier molecular flexibility index (Phi) is 3.71. The summed E-state index contributed by atoms with van der Waals surface area (Å²) in [6.07, 6.45) is 0. The number of thiazole rings is 1. The molecular formula is C16H12N2O2S. The molecule has 3 aromatic rings. The molecule has 0 saturated heterocycles. The molecule has 1 heterocycles. The van der Waals surface area contributed by atoms with Crippen LogP contribution in [0.2, 0.25) is 0 Å². The summed E-state index contributed by atoms with van der Waals surface area (Å²) >= 11 is 1.37. The number of fused-ring (bicyclic) bond motifs is 1. The Hall–Kier alpha value is -2.58. The second kappa shape index (κ2) is 5.81. The van der Waals surface area contributed by atoms with Crippen LogP contribution in [0.15, 0.2) is 42.5 Å². The first kappa shape index (κ1) is 13.4. The monoisotopic (exact) mass is 296 g/mol. The zero-order valence-electron chi connectivity index (χ0n) is 11.4. The van der Waals surface area contributed by atoms with E-state index in [2.05, 4.69) is 11.1 Å². The topological polar surface area (TPSA) is 55.1 Å². The second-order valence-corrected chi connectivity index (χ2v) is 5.43. The summed E-state index contributed by atoms with van der Waals surface area (Å²) in [5.41, 5.74) is 1.89. The third-order valence-electron chi connectivity index (χ3n) is 3.02. The summed E-state index contributed by atoms with van der Waals surface area (Å²) in [5, 5.41) is 9.33. The fourth-order valence-corrected chi connectivity index (χ4v) is 2.72. The van der Waals surface area contributed by atoms with Crippen molar-refractivity contribution in [3.05, 3.63) is 53.0 Å². The molecule has 0 aliphatic heterocycles. The van der Waals surface area contributed by atoms with Gasteiger partial charge in [-0.05, 0) is 35.9 Å². The molecule has 0 N–H and O–H groups in total. The summed E-state index contributed by atoms with van der Waals surface area (Å²) in [4.78, 5) is 4.20. The van der Waals surface area contributed by atoms with E-state index in [0.29, 0.717) is 11.6 Å². The van der Waals surface area contributed by atoms with Gasteiger partial charge in [-0.2, -0.15) is 5.26 Å². The van der Waals surface area contributed by atoms with Crippen LogP contribution < -0.4 is 9.47 Å². The van der Waals surface area contributed by atoms with E-state index >= 15 is 0 Å². The van der Waals surface area contributed by atoms with E-state index in [1.807, 2.05) is 42.5 Å². The number of methoxy groups -OCH3 is 1. The Labute approximate surface area is 126 Å². The predicted octanol–water partition coefficient (Wildman–Crippen LogP) is 3.76. The number of hydrogen-bond donors (Lipinski definition) is 0. The molecule has 0 aliphatic rings. The Morgan fingerprint density at radius 1 is 1.14 bits per heavy atom. The van der Waals surface area contributed by atoms with Crippen LogP contribution in [0.3, 0.4) is 0 Å². The van der Waals surface area contributed by atoms with Gasteiger partial charge in [0.05, 0.1) is 17.3 Å². The first-order valence-corrected chi connectivity index (χ1v) is 7.16. The van der Waals surface area contributed by atoms with E-state index in [0.717, 1.165) is 27.3 Å². The second-order valence-electron chi connectivity index (χ2n) is 4.40. The molecule has 0 bridgehead atoms. The van der Waals surface area contributed by atoms with Crippen LogP contribution in [0.1, 0.15) is 10.6 Å². The number of nitriles is 1. The van der Waals surface area contributed by atoms with Crippen molar-refractivity contribution in [2.75, 3.05) is 7.11 Å². The highest BCUT2D eigenvalue weighted by atomic mass is 32.1. The summed E-state index contributed by atoms with van der Waals surface area (Å²) in [7, 11) is 1.64.